The van der Waals surface area contributed by atoms with Crippen LogP contribution in [-0.4, -0.2) is 18.3 Å². The molecule has 1 aromatic heterocycles. The molecule has 4 heteroatoms. The first-order valence-corrected chi connectivity index (χ1v) is 5.54. The highest BCUT2D eigenvalue weighted by atomic mass is 35.5. The average Bonchev–Trinajstić information content (AvgIpc) is 2.71. The Morgan fingerprint density at radius 2 is 2.54 bits per heavy atom. The summed E-state index contributed by atoms with van der Waals surface area (Å²) in [6.45, 7) is 0.906. The highest BCUT2D eigenvalue weighted by Gasteiger charge is 2.31. The van der Waals surface area contributed by atoms with Crippen molar-refractivity contribution in [1.82, 2.24) is 0 Å². The number of rotatable bonds is 2. The van der Waals surface area contributed by atoms with Gasteiger partial charge in [0.15, 0.2) is 0 Å². The second kappa shape index (κ2) is 3.96. The lowest BCUT2D eigenvalue weighted by Crippen LogP contribution is -2.10. The van der Waals surface area contributed by atoms with Gasteiger partial charge in [-0.15, -0.1) is 11.3 Å². The Morgan fingerprint density at radius 3 is 3.15 bits per heavy atom. The van der Waals surface area contributed by atoms with Crippen molar-refractivity contribution in [3.63, 3.8) is 0 Å². The van der Waals surface area contributed by atoms with Crippen LogP contribution >= 0.6 is 22.9 Å². The quantitative estimate of drug-likeness (QED) is 0.827. The number of ether oxygens (including phenoxy) is 1. The summed E-state index contributed by atoms with van der Waals surface area (Å²) >= 11 is 7.59. The van der Waals surface area contributed by atoms with Gasteiger partial charge in [-0.1, -0.05) is 11.6 Å². The highest BCUT2D eigenvalue weighted by molar-refractivity contribution is 7.10. The molecule has 0 radical (unpaired) electrons. The fourth-order valence-corrected chi connectivity index (χ4v) is 2.92. The smallest absolute Gasteiger partial charge is 0.0982 e. The van der Waals surface area contributed by atoms with Crippen LogP contribution in [0.5, 0.6) is 0 Å². The van der Waals surface area contributed by atoms with Gasteiger partial charge in [0.2, 0.25) is 0 Å². The fraction of sp³-hybridized carbons (Fsp3) is 0.556. The first kappa shape index (κ1) is 9.46. The highest BCUT2D eigenvalue weighted by Crippen LogP contribution is 2.40. The van der Waals surface area contributed by atoms with E-state index in [0.29, 0.717) is 0 Å². The van der Waals surface area contributed by atoms with Crippen molar-refractivity contribution in [2.75, 3.05) is 13.2 Å². The molecule has 2 heterocycles. The minimum atomic E-state index is 0.0116. The van der Waals surface area contributed by atoms with Crippen LogP contribution in [0.3, 0.4) is 0 Å². The molecule has 0 spiro atoms. The summed E-state index contributed by atoms with van der Waals surface area (Å²) in [6.07, 6.45) is 0.938. The third-order valence-electron chi connectivity index (χ3n) is 2.35. The van der Waals surface area contributed by atoms with Gasteiger partial charge >= 0.3 is 0 Å². The van der Waals surface area contributed by atoms with E-state index >= 15 is 0 Å². The lowest BCUT2D eigenvalue weighted by atomic mass is 10.0. The molecule has 13 heavy (non-hydrogen) atoms. The van der Waals surface area contributed by atoms with Crippen molar-refractivity contribution in [3.05, 3.63) is 21.3 Å². The third-order valence-corrected chi connectivity index (χ3v) is 3.77. The zero-order valence-electron chi connectivity index (χ0n) is 7.07. The van der Waals surface area contributed by atoms with Gasteiger partial charge in [0, 0.05) is 19.1 Å². The van der Waals surface area contributed by atoms with E-state index in [4.69, 9.17) is 21.4 Å². The first-order valence-electron chi connectivity index (χ1n) is 4.28. The van der Waals surface area contributed by atoms with Crippen molar-refractivity contribution in [3.8, 4) is 0 Å². The Balaban J connectivity index is 2.20. The Hall–Kier alpha value is -0.0900. The molecule has 2 rings (SSSR count). The second-order valence-corrected chi connectivity index (χ2v) is 4.51. The second-order valence-electron chi connectivity index (χ2n) is 3.16. The normalized spacial score (nSPS) is 28.2. The van der Waals surface area contributed by atoms with Gasteiger partial charge in [-0.2, -0.15) is 0 Å². The molecule has 2 atom stereocenters. The molecule has 1 aliphatic heterocycles. The standard InChI is InChI=1S/C9H11ClO2S/c10-7-2-4-13-9(7)8-6(5-11)1-3-12-8/h2,4,6,8,11H,1,3,5H2. The van der Waals surface area contributed by atoms with Crippen LogP contribution in [0, 0.1) is 5.92 Å². The summed E-state index contributed by atoms with van der Waals surface area (Å²) in [5, 5.41) is 11.8. The summed E-state index contributed by atoms with van der Waals surface area (Å²) in [5.74, 6) is 0.219. The Bertz CT molecular complexity index is 287. The van der Waals surface area contributed by atoms with Gasteiger partial charge < -0.3 is 9.84 Å². The minimum Gasteiger partial charge on any atom is -0.396 e. The van der Waals surface area contributed by atoms with Crippen molar-refractivity contribution < 1.29 is 9.84 Å². The summed E-state index contributed by atoms with van der Waals surface area (Å²) in [6, 6.07) is 1.87. The van der Waals surface area contributed by atoms with Gasteiger partial charge in [0.25, 0.3) is 0 Å². The van der Waals surface area contributed by atoms with Crippen molar-refractivity contribution >= 4 is 22.9 Å². The van der Waals surface area contributed by atoms with Gasteiger partial charge in [-0.25, -0.2) is 0 Å². The van der Waals surface area contributed by atoms with Crippen LogP contribution in [0.15, 0.2) is 11.4 Å². The fourth-order valence-electron chi connectivity index (χ4n) is 1.62. The van der Waals surface area contributed by atoms with Crippen LogP contribution in [0.1, 0.15) is 17.4 Å². The van der Waals surface area contributed by atoms with Crippen molar-refractivity contribution in [2.24, 2.45) is 5.92 Å². The topological polar surface area (TPSA) is 29.5 Å². The molecule has 72 valence electrons. The lowest BCUT2D eigenvalue weighted by molar-refractivity contribution is 0.0748. The van der Waals surface area contributed by atoms with Crippen LogP contribution in [-0.2, 0) is 4.74 Å². The maximum Gasteiger partial charge on any atom is 0.0982 e. The number of thiophene rings is 1. The minimum absolute atomic E-state index is 0.0116. The zero-order chi connectivity index (χ0) is 9.26. The summed E-state index contributed by atoms with van der Waals surface area (Å²) in [5.41, 5.74) is 0. The molecule has 1 aromatic rings. The SMILES string of the molecule is OCC1CCOC1c1sccc1Cl. The van der Waals surface area contributed by atoms with Gasteiger partial charge in [-0.05, 0) is 17.9 Å². The van der Waals surface area contributed by atoms with Crippen LogP contribution in [0.25, 0.3) is 0 Å². The number of aliphatic hydroxyl groups is 1. The molecule has 1 N–H and O–H groups in total. The molecule has 1 aliphatic rings. The van der Waals surface area contributed by atoms with Crippen molar-refractivity contribution in [2.45, 2.75) is 12.5 Å². The molecule has 0 saturated carbocycles. The largest absolute Gasteiger partial charge is 0.396 e. The maximum atomic E-state index is 9.11. The molecule has 2 unspecified atom stereocenters. The van der Waals surface area contributed by atoms with E-state index in [9.17, 15) is 0 Å². The zero-order valence-corrected chi connectivity index (χ0v) is 8.64. The predicted octanol–water partition coefficient (Wildman–Crippen LogP) is 2.47. The molecular formula is C9H11ClO2S. The molecule has 1 fully saturated rings. The van der Waals surface area contributed by atoms with E-state index in [1.807, 2.05) is 11.4 Å². The summed E-state index contributed by atoms with van der Waals surface area (Å²) < 4.78 is 5.55. The van der Waals surface area contributed by atoms with Crippen LogP contribution in [0.2, 0.25) is 5.02 Å². The van der Waals surface area contributed by atoms with E-state index in [0.717, 1.165) is 22.9 Å². The monoisotopic (exact) mass is 218 g/mol. The lowest BCUT2D eigenvalue weighted by Gasteiger charge is -2.14. The summed E-state index contributed by atoms with van der Waals surface area (Å²) in [4.78, 5) is 1.05. The van der Waals surface area contributed by atoms with E-state index in [1.54, 1.807) is 11.3 Å². The Kier molecular flexibility index (Phi) is 2.89. The molecular weight excluding hydrogens is 208 g/mol. The Labute approximate surface area is 86.1 Å². The van der Waals surface area contributed by atoms with E-state index in [-0.39, 0.29) is 18.6 Å². The molecule has 0 amide bonds. The molecule has 0 bridgehead atoms. The Morgan fingerprint density at radius 1 is 1.69 bits per heavy atom. The third kappa shape index (κ3) is 1.74. The van der Waals surface area contributed by atoms with E-state index in [2.05, 4.69) is 0 Å². The van der Waals surface area contributed by atoms with Gasteiger partial charge in [0.1, 0.15) is 0 Å². The predicted molar refractivity (Wildman–Crippen MR) is 53.2 cm³/mol. The van der Waals surface area contributed by atoms with E-state index < -0.39 is 0 Å². The van der Waals surface area contributed by atoms with Crippen molar-refractivity contribution in [1.29, 1.82) is 0 Å². The van der Waals surface area contributed by atoms with Crippen LogP contribution in [0.4, 0.5) is 0 Å². The maximum absolute atomic E-state index is 9.11. The molecule has 1 saturated heterocycles. The molecule has 2 nitrogen and oxygen atoms in total. The number of hydrogen-bond donors (Lipinski definition) is 1. The summed E-state index contributed by atoms with van der Waals surface area (Å²) in [7, 11) is 0. The van der Waals surface area contributed by atoms with E-state index in [1.165, 1.54) is 0 Å². The number of hydrogen-bond acceptors (Lipinski definition) is 3. The van der Waals surface area contributed by atoms with Crippen LogP contribution < -0.4 is 0 Å². The molecule has 0 aromatic carbocycles. The number of halogens is 1. The van der Waals surface area contributed by atoms with Gasteiger partial charge in [-0.3, -0.25) is 0 Å². The average molecular weight is 219 g/mol. The first-order chi connectivity index (χ1) is 6.33. The van der Waals surface area contributed by atoms with Gasteiger partial charge in [0.05, 0.1) is 16.0 Å². The molecule has 0 aliphatic carbocycles. The number of aliphatic hydroxyl groups excluding tert-OH is 1.